The topological polar surface area (TPSA) is 58.9 Å². The second-order valence-corrected chi connectivity index (χ2v) is 26.2. The molecule has 73 heavy (non-hydrogen) atoms. The minimum absolute atomic E-state index is 0.214. The highest BCUT2D eigenvalue weighted by Gasteiger charge is 2.42. The van der Waals surface area contributed by atoms with Crippen molar-refractivity contribution in [3.63, 3.8) is 0 Å². The first-order valence-electron chi connectivity index (χ1n) is 30.7. The second-order valence-electron chi connectivity index (χ2n) is 25.3. The van der Waals surface area contributed by atoms with Gasteiger partial charge in [0.05, 0.1) is 0 Å². The Morgan fingerprint density at radius 1 is 0.411 bits per heavy atom. The number of phenolic OH excluding ortho intramolecular Hbond substituents is 2. The molecule has 0 aromatic heterocycles. The SMILES string of the molecule is CCCCCCCCCCCCCCCCCCC(=S)OC(OC(=S)CCCCCCCCCCCCCCCCCC)C(C)(Cc1c(C)cc(C(C)(C)C)c(O)c1C)Cc1c(C)cc(C(C)(C)C)c(O)c1C. The maximum absolute atomic E-state index is 11.8. The molecule has 0 saturated heterocycles. The average Bonchev–Trinajstić information content (AvgIpc) is 3.32. The van der Waals surface area contributed by atoms with Gasteiger partial charge in [-0.15, -0.1) is 0 Å². The van der Waals surface area contributed by atoms with Gasteiger partial charge in [0.15, 0.2) is 10.1 Å². The molecule has 0 aliphatic rings. The molecule has 4 nitrogen and oxygen atoms in total. The number of thiocarbonyl (C=S) groups is 2. The summed E-state index contributed by atoms with van der Waals surface area (Å²) in [4.78, 5) is 0. The van der Waals surface area contributed by atoms with Crippen LogP contribution >= 0.6 is 24.4 Å². The van der Waals surface area contributed by atoms with Crippen LogP contribution in [0.5, 0.6) is 11.5 Å². The smallest absolute Gasteiger partial charge is 0.248 e. The molecule has 6 heteroatoms. The van der Waals surface area contributed by atoms with Crippen molar-refractivity contribution in [1.29, 1.82) is 0 Å². The normalized spacial score (nSPS) is 12.3. The molecule has 2 N–H and O–H groups in total. The molecule has 0 aliphatic heterocycles. The number of benzene rings is 2. The minimum atomic E-state index is -0.763. The fraction of sp³-hybridized carbons (Fsp3) is 0.791. The Labute approximate surface area is 463 Å². The number of rotatable bonds is 41. The summed E-state index contributed by atoms with van der Waals surface area (Å²) in [6.07, 6.45) is 44.3. The number of phenols is 2. The minimum Gasteiger partial charge on any atom is -0.507 e. The third kappa shape index (κ3) is 26.6. The summed E-state index contributed by atoms with van der Waals surface area (Å²) < 4.78 is 13.9. The van der Waals surface area contributed by atoms with Crippen LogP contribution in [0.15, 0.2) is 12.1 Å². The zero-order chi connectivity index (χ0) is 54.3. The van der Waals surface area contributed by atoms with E-state index in [4.69, 9.17) is 33.9 Å². The van der Waals surface area contributed by atoms with E-state index < -0.39 is 11.7 Å². The number of aromatic hydroxyl groups is 2. The van der Waals surface area contributed by atoms with Gasteiger partial charge in [0.25, 0.3) is 0 Å². The summed E-state index contributed by atoms with van der Waals surface area (Å²) in [5.74, 6) is 0.706. The van der Waals surface area contributed by atoms with Crippen molar-refractivity contribution in [2.45, 2.75) is 338 Å². The molecular formula is C67H116O4S2. The number of unbranched alkanes of at least 4 members (excludes halogenated alkanes) is 30. The monoisotopic (exact) mass is 1050 g/mol. The first-order chi connectivity index (χ1) is 34.7. The molecule has 0 saturated carbocycles. The molecule has 0 fully saturated rings. The van der Waals surface area contributed by atoms with Gasteiger partial charge in [-0.3, -0.25) is 0 Å². The number of hydrogen-bond acceptors (Lipinski definition) is 6. The van der Waals surface area contributed by atoms with E-state index >= 15 is 0 Å². The lowest BCUT2D eigenvalue weighted by atomic mass is 9.72. The van der Waals surface area contributed by atoms with Crippen molar-refractivity contribution in [1.82, 2.24) is 0 Å². The summed E-state index contributed by atoms with van der Waals surface area (Å²) in [6.45, 7) is 28.2. The van der Waals surface area contributed by atoms with Gasteiger partial charge in [-0.2, -0.15) is 0 Å². The first kappa shape index (κ1) is 66.9. The lowest BCUT2D eigenvalue weighted by Gasteiger charge is -2.39. The Morgan fingerprint density at radius 2 is 0.644 bits per heavy atom. The third-order valence-corrected chi connectivity index (χ3v) is 16.7. The van der Waals surface area contributed by atoms with Crippen LogP contribution in [0.4, 0.5) is 0 Å². The van der Waals surface area contributed by atoms with Crippen molar-refractivity contribution in [3.05, 3.63) is 56.6 Å². The second kappa shape index (κ2) is 36.8. The van der Waals surface area contributed by atoms with Gasteiger partial charge < -0.3 is 19.7 Å². The van der Waals surface area contributed by atoms with E-state index in [0.717, 1.165) is 70.2 Å². The predicted molar refractivity (Wildman–Crippen MR) is 328 cm³/mol. The van der Waals surface area contributed by atoms with Gasteiger partial charge in [0.2, 0.25) is 6.29 Å². The van der Waals surface area contributed by atoms with Crippen molar-refractivity contribution in [3.8, 4) is 11.5 Å². The maximum Gasteiger partial charge on any atom is 0.248 e. The lowest BCUT2D eigenvalue weighted by Crippen LogP contribution is -2.43. The molecule has 0 atom stereocenters. The number of hydrogen-bond donors (Lipinski definition) is 2. The molecule has 0 bridgehead atoms. The van der Waals surface area contributed by atoms with E-state index in [-0.39, 0.29) is 10.8 Å². The number of aryl methyl sites for hydroxylation is 2. The molecular weight excluding hydrogens is 933 g/mol. The molecule has 0 spiro atoms. The zero-order valence-electron chi connectivity index (χ0n) is 50.2. The van der Waals surface area contributed by atoms with Crippen LogP contribution in [-0.4, -0.2) is 26.6 Å². The van der Waals surface area contributed by atoms with Crippen LogP contribution in [0, 0.1) is 33.1 Å². The fourth-order valence-corrected chi connectivity index (χ4v) is 11.5. The summed E-state index contributed by atoms with van der Waals surface area (Å²) in [5.41, 5.74) is 7.01. The van der Waals surface area contributed by atoms with E-state index in [2.05, 4.69) is 88.3 Å². The summed E-state index contributed by atoms with van der Waals surface area (Å²) in [7, 11) is 0. The Kier molecular flexibility index (Phi) is 33.7. The van der Waals surface area contributed by atoms with Crippen molar-refractivity contribution in [2.75, 3.05) is 0 Å². The van der Waals surface area contributed by atoms with Gasteiger partial charge >= 0.3 is 0 Å². The van der Waals surface area contributed by atoms with Crippen LogP contribution in [0.3, 0.4) is 0 Å². The lowest BCUT2D eigenvalue weighted by molar-refractivity contribution is -0.105. The molecule has 0 aliphatic carbocycles. The fourth-order valence-electron chi connectivity index (χ4n) is 11.0. The Bertz CT molecular complexity index is 1700. The molecule has 2 aromatic carbocycles. The van der Waals surface area contributed by atoms with Gasteiger partial charge in [-0.1, -0.05) is 267 Å². The summed E-state index contributed by atoms with van der Waals surface area (Å²) in [5, 5.41) is 24.7. The molecule has 0 heterocycles. The van der Waals surface area contributed by atoms with Crippen molar-refractivity contribution >= 4 is 34.5 Å². The molecule has 2 aromatic rings. The van der Waals surface area contributed by atoms with Crippen molar-refractivity contribution in [2.24, 2.45) is 5.41 Å². The van der Waals surface area contributed by atoms with Gasteiger partial charge in [0, 0.05) is 18.3 Å². The summed E-state index contributed by atoms with van der Waals surface area (Å²) in [6, 6.07) is 4.33. The van der Waals surface area contributed by atoms with Crippen LogP contribution in [0.1, 0.15) is 325 Å². The van der Waals surface area contributed by atoms with Crippen molar-refractivity contribution < 1.29 is 19.7 Å². The number of ether oxygens (including phenoxy) is 2. The molecule has 0 unspecified atom stereocenters. The van der Waals surface area contributed by atoms with E-state index in [9.17, 15) is 10.2 Å². The highest BCUT2D eigenvalue weighted by Crippen LogP contribution is 2.44. The Hall–Kier alpha value is -2.18. The Balaban J connectivity index is 2.22. The Morgan fingerprint density at radius 3 is 0.877 bits per heavy atom. The van der Waals surface area contributed by atoms with Crippen LogP contribution in [0.2, 0.25) is 0 Å². The van der Waals surface area contributed by atoms with E-state index in [1.54, 1.807) is 0 Å². The molecule has 420 valence electrons. The highest BCUT2D eigenvalue weighted by molar-refractivity contribution is 7.80. The van der Waals surface area contributed by atoms with Gasteiger partial charge in [-0.05, 0) is 133 Å². The largest absolute Gasteiger partial charge is 0.507 e. The van der Waals surface area contributed by atoms with Crippen LogP contribution < -0.4 is 0 Å². The molecule has 0 radical (unpaired) electrons. The summed E-state index contributed by atoms with van der Waals surface area (Å²) >= 11 is 12.3. The predicted octanol–water partition coefficient (Wildman–Crippen LogP) is 22.0. The van der Waals surface area contributed by atoms with Crippen LogP contribution in [0.25, 0.3) is 0 Å². The zero-order valence-corrected chi connectivity index (χ0v) is 51.8. The van der Waals surface area contributed by atoms with E-state index in [0.29, 0.717) is 47.3 Å². The van der Waals surface area contributed by atoms with Gasteiger partial charge in [0.1, 0.15) is 11.5 Å². The maximum atomic E-state index is 11.8. The van der Waals surface area contributed by atoms with E-state index in [1.807, 2.05) is 13.8 Å². The first-order valence-corrected chi connectivity index (χ1v) is 31.5. The molecule has 0 amide bonds. The quantitative estimate of drug-likeness (QED) is 0.0393. The third-order valence-electron chi connectivity index (χ3n) is 16.1. The standard InChI is InChI=1S/C67H116O4S2/c1-14-16-18-20-22-24-26-28-30-32-34-36-38-40-42-44-46-60(72)70-64(71-61(73)47-45-43-41-39-37-35-33-31-29-27-25-23-21-19-17-15-2)67(13,50-56-52(3)48-58(65(7,8)9)62(68)54(56)5)51-57-53(4)49-59(66(10,11)12)63(69)55(57)6/h48-49,64,68-69H,14-47,50-51H2,1-13H3. The van der Waals surface area contributed by atoms with Gasteiger partial charge in [-0.25, -0.2) is 0 Å². The average molecular weight is 1050 g/mol. The molecule has 2 rings (SSSR count). The van der Waals surface area contributed by atoms with E-state index in [1.165, 1.54) is 180 Å². The highest BCUT2D eigenvalue weighted by atomic mass is 32.1. The van der Waals surface area contributed by atoms with Crippen LogP contribution in [-0.2, 0) is 33.1 Å².